The predicted octanol–water partition coefficient (Wildman–Crippen LogP) is 5.59. The lowest BCUT2D eigenvalue weighted by atomic mass is 9.85. The second kappa shape index (κ2) is 8.95. The van der Waals surface area contributed by atoms with Gasteiger partial charge in [-0.15, -0.1) is 0 Å². The Hall–Kier alpha value is -2.40. The first kappa shape index (κ1) is 19.9. The van der Waals surface area contributed by atoms with Crippen LogP contribution in [0.3, 0.4) is 0 Å². The molecule has 4 rings (SSSR count). The van der Waals surface area contributed by atoms with Crippen LogP contribution in [0, 0.1) is 5.92 Å². The molecule has 0 radical (unpaired) electrons. The van der Waals surface area contributed by atoms with Crippen LogP contribution in [0.5, 0.6) is 5.75 Å². The minimum atomic E-state index is -0.0834. The SMILES string of the molecule is COc1ccc(/C=C2\SC(Nc3ccccc3)N([C@H]3CCCC[C@@H]3C)C2=O)cc1. The zero-order chi connectivity index (χ0) is 20.2. The largest absolute Gasteiger partial charge is 0.497 e. The minimum Gasteiger partial charge on any atom is -0.497 e. The second-order valence-corrected chi connectivity index (χ2v) is 8.93. The molecular weight excluding hydrogens is 380 g/mol. The van der Waals surface area contributed by atoms with Crippen LogP contribution in [0.2, 0.25) is 0 Å². The number of carbonyl (C=O) groups excluding carboxylic acids is 1. The third-order valence-electron chi connectivity index (χ3n) is 5.84. The molecule has 1 N–H and O–H groups in total. The van der Waals surface area contributed by atoms with Crippen molar-refractivity contribution >= 4 is 29.4 Å². The zero-order valence-corrected chi connectivity index (χ0v) is 17.8. The highest BCUT2D eigenvalue weighted by atomic mass is 32.2. The first-order chi connectivity index (χ1) is 14.2. The summed E-state index contributed by atoms with van der Waals surface area (Å²) in [5, 5.41) is 3.58. The third-order valence-corrected chi connectivity index (χ3v) is 6.95. The van der Waals surface area contributed by atoms with E-state index in [9.17, 15) is 4.79 Å². The molecule has 0 aromatic heterocycles. The van der Waals surface area contributed by atoms with Crippen LogP contribution in [0.4, 0.5) is 5.69 Å². The fraction of sp³-hybridized carbons (Fsp3) is 0.375. The summed E-state index contributed by atoms with van der Waals surface area (Å²) in [7, 11) is 1.66. The fourth-order valence-electron chi connectivity index (χ4n) is 4.22. The first-order valence-electron chi connectivity index (χ1n) is 10.3. The lowest BCUT2D eigenvalue weighted by Crippen LogP contribution is -2.48. The van der Waals surface area contributed by atoms with Crippen LogP contribution in [0.1, 0.15) is 38.2 Å². The second-order valence-electron chi connectivity index (χ2n) is 7.80. The molecular formula is C24H28N2O2S. The maximum absolute atomic E-state index is 13.5. The van der Waals surface area contributed by atoms with Crippen LogP contribution in [-0.2, 0) is 4.79 Å². The van der Waals surface area contributed by atoms with E-state index in [4.69, 9.17) is 4.74 Å². The lowest BCUT2D eigenvalue weighted by Gasteiger charge is -2.39. The Kier molecular flexibility index (Phi) is 6.14. The molecule has 1 heterocycles. The van der Waals surface area contributed by atoms with Gasteiger partial charge in [0.2, 0.25) is 0 Å². The number of benzene rings is 2. The van der Waals surface area contributed by atoms with Crippen molar-refractivity contribution in [3.63, 3.8) is 0 Å². The van der Waals surface area contributed by atoms with Gasteiger partial charge in [0.25, 0.3) is 5.91 Å². The number of nitrogens with one attached hydrogen (secondary N) is 1. The molecule has 5 heteroatoms. The monoisotopic (exact) mass is 408 g/mol. The van der Waals surface area contributed by atoms with E-state index < -0.39 is 0 Å². The lowest BCUT2D eigenvalue weighted by molar-refractivity contribution is -0.129. The number of methoxy groups -OCH3 is 1. The smallest absolute Gasteiger partial charge is 0.262 e. The van der Waals surface area contributed by atoms with Crippen LogP contribution >= 0.6 is 11.8 Å². The van der Waals surface area contributed by atoms with Crippen molar-refractivity contribution in [1.82, 2.24) is 4.90 Å². The number of amides is 1. The molecule has 2 aromatic rings. The highest BCUT2D eigenvalue weighted by Gasteiger charge is 2.42. The Morgan fingerprint density at radius 2 is 1.79 bits per heavy atom. The molecule has 1 aliphatic carbocycles. The van der Waals surface area contributed by atoms with Gasteiger partial charge in [0.05, 0.1) is 12.0 Å². The average molecular weight is 409 g/mol. The van der Waals surface area contributed by atoms with Crippen molar-refractivity contribution in [2.24, 2.45) is 5.92 Å². The summed E-state index contributed by atoms with van der Waals surface area (Å²) in [6.07, 6.45) is 6.72. The van der Waals surface area contributed by atoms with Gasteiger partial charge in [-0.2, -0.15) is 0 Å². The summed E-state index contributed by atoms with van der Waals surface area (Å²) in [5.74, 6) is 1.48. The number of anilines is 1. The van der Waals surface area contributed by atoms with E-state index in [0.717, 1.165) is 28.3 Å². The summed E-state index contributed by atoms with van der Waals surface area (Å²) in [6, 6.07) is 18.3. The number of ether oxygens (including phenoxy) is 1. The van der Waals surface area contributed by atoms with Gasteiger partial charge in [-0.25, -0.2) is 0 Å². The van der Waals surface area contributed by atoms with Gasteiger partial charge in [0.1, 0.15) is 5.75 Å². The van der Waals surface area contributed by atoms with Gasteiger partial charge >= 0.3 is 0 Å². The Labute approximate surface area is 177 Å². The highest BCUT2D eigenvalue weighted by molar-refractivity contribution is 8.05. The van der Waals surface area contributed by atoms with Gasteiger partial charge in [0, 0.05) is 11.7 Å². The Balaban J connectivity index is 1.62. The summed E-state index contributed by atoms with van der Waals surface area (Å²) in [4.78, 5) is 16.3. The summed E-state index contributed by atoms with van der Waals surface area (Å²) in [5.41, 5.74) is 1.97. The summed E-state index contributed by atoms with van der Waals surface area (Å²) >= 11 is 1.62. The number of hydrogen-bond donors (Lipinski definition) is 1. The van der Waals surface area contributed by atoms with Crippen molar-refractivity contribution in [2.45, 2.75) is 44.1 Å². The average Bonchev–Trinajstić information content (AvgIpc) is 3.04. The zero-order valence-electron chi connectivity index (χ0n) is 17.0. The number of para-hydroxylation sites is 1. The normalized spacial score (nSPS) is 26.0. The van der Waals surface area contributed by atoms with Crippen molar-refractivity contribution in [3.8, 4) is 5.75 Å². The molecule has 0 spiro atoms. The van der Waals surface area contributed by atoms with Gasteiger partial charge in [-0.3, -0.25) is 4.79 Å². The van der Waals surface area contributed by atoms with E-state index in [1.165, 1.54) is 19.3 Å². The number of nitrogens with zero attached hydrogens (tertiary/aromatic N) is 1. The molecule has 1 saturated carbocycles. The molecule has 1 saturated heterocycles. The molecule has 4 nitrogen and oxygen atoms in total. The Bertz CT molecular complexity index is 866. The van der Waals surface area contributed by atoms with Crippen LogP contribution in [-0.4, -0.2) is 29.5 Å². The molecule has 29 heavy (non-hydrogen) atoms. The molecule has 2 aromatic carbocycles. The van der Waals surface area contributed by atoms with E-state index >= 15 is 0 Å². The Morgan fingerprint density at radius 1 is 1.07 bits per heavy atom. The molecule has 2 fully saturated rings. The molecule has 2 aliphatic rings. The van der Waals surface area contributed by atoms with E-state index in [1.807, 2.05) is 48.5 Å². The van der Waals surface area contributed by atoms with Crippen molar-refractivity contribution in [2.75, 3.05) is 12.4 Å². The Morgan fingerprint density at radius 3 is 2.48 bits per heavy atom. The minimum absolute atomic E-state index is 0.0834. The van der Waals surface area contributed by atoms with Gasteiger partial charge in [0.15, 0.2) is 5.50 Å². The quantitative estimate of drug-likeness (QED) is 0.655. The maximum atomic E-state index is 13.5. The highest BCUT2D eigenvalue weighted by Crippen LogP contribution is 2.42. The summed E-state index contributed by atoms with van der Waals surface area (Å²) < 4.78 is 5.24. The van der Waals surface area contributed by atoms with Crippen molar-refractivity contribution < 1.29 is 9.53 Å². The molecule has 3 atom stereocenters. The fourth-order valence-corrected chi connectivity index (χ4v) is 5.43. The van der Waals surface area contributed by atoms with Crippen LogP contribution in [0.25, 0.3) is 6.08 Å². The standard InChI is InChI=1S/C24H28N2O2S/c1-17-8-6-7-11-21(17)26-23(27)22(16-18-12-14-20(28-2)15-13-18)29-24(26)25-19-9-4-3-5-10-19/h3-5,9-10,12-17,21,24-25H,6-8,11H2,1-2H3/b22-16-/t17-,21-,24?/m0/s1. The number of carbonyl (C=O) groups is 1. The number of hydrogen-bond acceptors (Lipinski definition) is 4. The van der Waals surface area contributed by atoms with E-state index in [-0.39, 0.29) is 17.4 Å². The number of thioether (sulfide) groups is 1. The molecule has 1 amide bonds. The van der Waals surface area contributed by atoms with Gasteiger partial charge in [-0.1, -0.05) is 61.9 Å². The molecule has 1 unspecified atom stereocenters. The van der Waals surface area contributed by atoms with E-state index in [1.54, 1.807) is 18.9 Å². The summed E-state index contributed by atoms with van der Waals surface area (Å²) in [6.45, 7) is 2.28. The topological polar surface area (TPSA) is 41.6 Å². The van der Waals surface area contributed by atoms with E-state index in [2.05, 4.69) is 29.3 Å². The number of rotatable bonds is 5. The van der Waals surface area contributed by atoms with Crippen molar-refractivity contribution in [1.29, 1.82) is 0 Å². The van der Waals surface area contributed by atoms with Crippen LogP contribution in [0.15, 0.2) is 59.5 Å². The molecule has 1 aliphatic heterocycles. The predicted molar refractivity (Wildman–Crippen MR) is 121 cm³/mol. The third kappa shape index (κ3) is 4.45. The maximum Gasteiger partial charge on any atom is 0.262 e. The first-order valence-corrected chi connectivity index (χ1v) is 11.2. The van der Waals surface area contributed by atoms with E-state index in [0.29, 0.717) is 5.92 Å². The van der Waals surface area contributed by atoms with Crippen LogP contribution < -0.4 is 10.1 Å². The van der Waals surface area contributed by atoms with Crippen molar-refractivity contribution in [3.05, 3.63) is 65.1 Å². The molecule has 152 valence electrons. The molecule has 0 bridgehead atoms. The van der Waals surface area contributed by atoms with Gasteiger partial charge < -0.3 is 15.0 Å². The van der Waals surface area contributed by atoms with Gasteiger partial charge in [-0.05, 0) is 54.7 Å².